The molecule has 1 unspecified atom stereocenters. The van der Waals surface area contributed by atoms with Crippen LogP contribution in [0.15, 0.2) is 36.5 Å². The minimum Gasteiger partial charge on any atom is -0.303 e. The number of aldehydes is 1. The zero-order valence-corrected chi connectivity index (χ0v) is 11.0. The Bertz CT molecular complexity index is 582. The fourth-order valence-electron chi connectivity index (χ4n) is 2.81. The van der Waals surface area contributed by atoms with Crippen LogP contribution in [-0.4, -0.2) is 29.3 Å². The number of piperidine rings is 1. The van der Waals surface area contributed by atoms with Crippen molar-refractivity contribution in [3.63, 3.8) is 0 Å². The maximum Gasteiger partial charge on any atom is 0.124 e. The highest BCUT2D eigenvalue weighted by Gasteiger charge is 2.19. The molecule has 1 saturated heterocycles. The quantitative estimate of drug-likeness (QED) is 0.789. The van der Waals surface area contributed by atoms with E-state index in [0.29, 0.717) is 0 Å². The molecule has 1 atom stereocenters. The van der Waals surface area contributed by atoms with Crippen LogP contribution in [0.1, 0.15) is 18.4 Å². The smallest absolute Gasteiger partial charge is 0.124 e. The number of fused-ring (bicyclic) bond motifs is 1. The van der Waals surface area contributed by atoms with Crippen LogP contribution in [0.4, 0.5) is 0 Å². The molecule has 0 amide bonds. The molecule has 3 nitrogen and oxygen atoms in total. The van der Waals surface area contributed by atoms with Crippen molar-refractivity contribution in [1.82, 2.24) is 9.88 Å². The number of carbonyl (C=O) groups is 1. The van der Waals surface area contributed by atoms with Gasteiger partial charge in [0, 0.05) is 30.6 Å². The molecule has 3 heteroatoms. The molecule has 1 aliphatic rings. The summed E-state index contributed by atoms with van der Waals surface area (Å²) in [5.41, 5.74) is 2.26. The first kappa shape index (κ1) is 12.3. The zero-order chi connectivity index (χ0) is 13.1. The van der Waals surface area contributed by atoms with Crippen LogP contribution in [0.2, 0.25) is 0 Å². The summed E-state index contributed by atoms with van der Waals surface area (Å²) in [7, 11) is 0. The highest BCUT2D eigenvalue weighted by atomic mass is 16.1. The number of carbonyl (C=O) groups excluding carboxylic acids is 1. The van der Waals surface area contributed by atoms with Crippen molar-refractivity contribution in [2.45, 2.75) is 19.4 Å². The standard InChI is InChI=1S/C16H18N2O/c19-12-13-4-3-7-18(10-13)11-14-8-15-5-1-2-6-16(15)17-9-14/h1-2,5-6,8-9,12-13H,3-4,7,10-11H2. The number of pyridine rings is 1. The van der Waals surface area contributed by atoms with Gasteiger partial charge < -0.3 is 4.79 Å². The van der Waals surface area contributed by atoms with E-state index in [9.17, 15) is 4.79 Å². The first-order valence-electron chi connectivity index (χ1n) is 6.86. The molecule has 0 saturated carbocycles. The van der Waals surface area contributed by atoms with Crippen molar-refractivity contribution in [1.29, 1.82) is 0 Å². The van der Waals surface area contributed by atoms with Gasteiger partial charge in [-0.2, -0.15) is 0 Å². The third-order valence-corrected chi connectivity index (χ3v) is 3.79. The molecular formula is C16H18N2O. The van der Waals surface area contributed by atoms with Crippen LogP contribution in [0.3, 0.4) is 0 Å². The summed E-state index contributed by atoms with van der Waals surface area (Å²) in [4.78, 5) is 17.7. The summed E-state index contributed by atoms with van der Waals surface area (Å²) in [6.45, 7) is 2.86. The lowest BCUT2D eigenvalue weighted by Crippen LogP contribution is -2.35. The van der Waals surface area contributed by atoms with Gasteiger partial charge in [-0.05, 0) is 37.1 Å². The molecule has 0 N–H and O–H groups in total. The third kappa shape index (κ3) is 2.82. The van der Waals surface area contributed by atoms with Gasteiger partial charge in [0.2, 0.25) is 0 Å². The monoisotopic (exact) mass is 254 g/mol. The summed E-state index contributed by atoms with van der Waals surface area (Å²) in [5.74, 6) is 0.210. The van der Waals surface area contributed by atoms with Gasteiger partial charge in [0.05, 0.1) is 5.52 Å². The van der Waals surface area contributed by atoms with Crippen LogP contribution in [0, 0.1) is 5.92 Å². The molecule has 0 spiro atoms. The molecule has 19 heavy (non-hydrogen) atoms. The second kappa shape index (κ2) is 5.49. The predicted molar refractivity (Wildman–Crippen MR) is 75.8 cm³/mol. The molecule has 3 rings (SSSR count). The molecule has 1 fully saturated rings. The number of likely N-dealkylation sites (tertiary alicyclic amines) is 1. The van der Waals surface area contributed by atoms with Crippen molar-refractivity contribution >= 4 is 17.2 Å². The molecule has 2 heterocycles. The SMILES string of the molecule is O=CC1CCCN(Cc2cnc3ccccc3c2)C1. The van der Waals surface area contributed by atoms with Gasteiger partial charge in [-0.3, -0.25) is 9.88 Å². The molecule has 1 aromatic heterocycles. The molecule has 1 aromatic carbocycles. The largest absolute Gasteiger partial charge is 0.303 e. The lowest BCUT2D eigenvalue weighted by Gasteiger charge is -2.30. The summed E-state index contributed by atoms with van der Waals surface area (Å²) in [5, 5.41) is 1.18. The van der Waals surface area contributed by atoms with Crippen molar-refractivity contribution in [2.24, 2.45) is 5.92 Å². The van der Waals surface area contributed by atoms with Gasteiger partial charge in [0.25, 0.3) is 0 Å². The molecule has 0 radical (unpaired) electrons. The topological polar surface area (TPSA) is 33.2 Å². The highest BCUT2D eigenvalue weighted by molar-refractivity contribution is 5.78. The second-order valence-corrected chi connectivity index (χ2v) is 5.31. The fourth-order valence-corrected chi connectivity index (χ4v) is 2.81. The molecule has 98 valence electrons. The van der Waals surface area contributed by atoms with E-state index >= 15 is 0 Å². The van der Waals surface area contributed by atoms with Crippen molar-refractivity contribution < 1.29 is 4.79 Å². The zero-order valence-electron chi connectivity index (χ0n) is 11.0. The Kier molecular flexibility index (Phi) is 3.56. The van der Waals surface area contributed by atoms with Crippen LogP contribution in [0.25, 0.3) is 10.9 Å². The molecule has 0 bridgehead atoms. The average molecular weight is 254 g/mol. The van der Waals surface area contributed by atoms with E-state index in [-0.39, 0.29) is 5.92 Å². The summed E-state index contributed by atoms with van der Waals surface area (Å²) in [6.07, 6.45) is 5.21. The Morgan fingerprint density at radius 2 is 2.26 bits per heavy atom. The van der Waals surface area contributed by atoms with Gasteiger partial charge in [0.15, 0.2) is 0 Å². The molecule has 2 aromatic rings. The second-order valence-electron chi connectivity index (χ2n) is 5.31. The van der Waals surface area contributed by atoms with E-state index in [0.717, 1.165) is 44.3 Å². The van der Waals surface area contributed by atoms with E-state index in [1.54, 1.807) is 0 Å². The lowest BCUT2D eigenvalue weighted by molar-refractivity contribution is -0.112. The van der Waals surface area contributed by atoms with E-state index in [2.05, 4.69) is 22.0 Å². The average Bonchev–Trinajstić information content (AvgIpc) is 2.47. The molecule has 1 aliphatic heterocycles. The number of aromatic nitrogens is 1. The maximum absolute atomic E-state index is 10.9. The van der Waals surface area contributed by atoms with E-state index in [1.165, 1.54) is 10.9 Å². The Labute approximate surface area is 113 Å². The van der Waals surface area contributed by atoms with Crippen LogP contribution in [0.5, 0.6) is 0 Å². The first-order valence-corrected chi connectivity index (χ1v) is 6.86. The Hall–Kier alpha value is -1.74. The van der Waals surface area contributed by atoms with Crippen molar-refractivity contribution in [3.05, 3.63) is 42.1 Å². The minimum atomic E-state index is 0.210. The number of nitrogens with zero attached hydrogens (tertiary/aromatic N) is 2. The van der Waals surface area contributed by atoms with Gasteiger partial charge in [0.1, 0.15) is 6.29 Å². The highest BCUT2D eigenvalue weighted by Crippen LogP contribution is 2.18. The summed E-state index contributed by atoms with van der Waals surface area (Å²) < 4.78 is 0. The Morgan fingerprint density at radius 3 is 3.16 bits per heavy atom. The number of benzene rings is 1. The van der Waals surface area contributed by atoms with Crippen LogP contribution < -0.4 is 0 Å². The number of hydrogen-bond donors (Lipinski definition) is 0. The van der Waals surface area contributed by atoms with Crippen molar-refractivity contribution in [3.8, 4) is 0 Å². The number of para-hydroxylation sites is 1. The van der Waals surface area contributed by atoms with Gasteiger partial charge >= 0.3 is 0 Å². The van der Waals surface area contributed by atoms with Gasteiger partial charge in [-0.1, -0.05) is 18.2 Å². The fraction of sp³-hybridized carbons (Fsp3) is 0.375. The summed E-state index contributed by atoms with van der Waals surface area (Å²) >= 11 is 0. The van der Waals surface area contributed by atoms with Gasteiger partial charge in [-0.15, -0.1) is 0 Å². The van der Waals surface area contributed by atoms with E-state index in [1.807, 2.05) is 24.4 Å². The van der Waals surface area contributed by atoms with Gasteiger partial charge in [-0.25, -0.2) is 0 Å². The van der Waals surface area contributed by atoms with Crippen molar-refractivity contribution in [2.75, 3.05) is 13.1 Å². The van der Waals surface area contributed by atoms with E-state index in [4.69, 9.17) is 0 Å². The molecular weight excluding hydrogens is 236 g/mol. The number of hydrogen-bond acceptors (Lipinski definition) is 3. The third-order valence-electron chi connectivity index (χ3n) is 3.79. The van der Waals surface area contributed by atoms with E-state index < -0.39 is 0 Å². The molecule has 0 aliphatic carbocycles. The first-order chi connectivity index (χ1) is 9.35. The maximum atomic E-state index is 10.9. The normalized spacial score (nSPS) is 20.5. The Balaban J connectivity index is 1.75. The predicted octanol–water partition coefficient (Wildman–Crippen LogP) is 2.65. The lowest BCUT2D eigenvalue weighted by atomic mass is 9.99. The Morgan fingerprint density at radius 1 is 1.37 bits per heavy atom. The van der Waals surface area contributed by atoms with Crippen LogP contribution >= 0.6 is 0 Å². The van der Waals surface area contributed by atoms with Crippen LogP contribution in [-0.2, 0) is 11.3 Å². The minimum absolute atomic E-state index is 0.210. The number of rotatable bonds is 3. The summed E-state index contributed by atoms with van der Waals surface area (Å²) in [6, 6.07) is 10.4.